The highest BCUT2D eigenvalue weighted by atomic mass is 32.2. The highest BCUT2D eigenvalue weighted by Gasteiger charge is 2.33. The Labute approximate surface area is 148 Å². The van der Waals surface area contributed by atoms with Crippen LogP contribution in [0.15, 0.2) is 53.4 Å². The highest BCUT2D eigenvalue weighted by Crippen LogP contribution is 2.31. The van der Waals surface area contributed by atoms with Crippen LogP contribution in [0.3, 0.4) is 0 Å². The lowest BCUT2D eigenvalue weighted by atomic mass is 10.1. The second kappa shape index (κ2) is 6.98. The van der Waals surface area contributed by atoms with Crippen LogP contribution in [-0.4, -0.2) is 32.4 Å². The molecule has 0 N–H and O–H groups in total. The Morgan fingerprint density at radius 3 is 2.19 bits per heavy atom. The van der Waals surface area contributed by atoms with E-state index >= 15 is 0 Å². The van der Waals surface area contributed by atoms with Gasteiger partial charge in [0.2, 0.25) is 10.0 Å². The summed E-state index contributed by atoms with van der Waals surface area (Å²) < 4.78 is 83.1. The number of benzene rings is 2. The Morgan fingerprint density at radius 2 is 1.62 bits per heavy atom. The number of morpholine rings is 1. The van der Waals surface area contributed by atoms with E-state index in [2.05, 4.69) is 0 Å². The van der Waals surface area contributed by atoms with Crippen molar-refractivity contribution in [2.75, 3.05) is 19.7 Å². The summed E-state index contributed by atoms with van der Waals surface area (Å²) in [7, 11) is -3.96. The first-order valence-electron chi connectivity index (χ1n) is 7.72. The molecule has 0 spiro atoms. The molecule has 0 amide bonds. The minimum absolute atomic E-state index is 0.00497. The minimum atomic E-state index is -4.53. The van der Waals surface area contributed by atoms with Crippen molar-refractivity contribution in [1.29, 1.82) is 0 Å². The largest absolute Gasteiger partial charge is 0.416 e. The Balaban J connectivity index is 1.81. The van der Waals surface area contributed by atoms with E-state index in [9.17, 15) is 26.0 Å². The number of alkyl halides is 3. The van der Waals surface area contributed by atoms with E-state index in [0.29, 0.717) is 5.56 Å². The molecule has 2 aromatic rings. The van der Waals surface area contributed by atoms with Gasteiger partial charge in [0.05, 0.1) is 23.2 Å². The summed E-state index contributed by atoms with van der Waals surface area (Å²) in [5.74, 6) is -0.418. The first-order chi connectivity index (χ1) is 12.2. The molecule has 0 bridgehead atoms. The minimum Gasteiger partial charge on any atom is -0.371 e. The van der Waals surface area contributed by atoms with Crippen LogP contribution in [0.2, 0.25) is 0 Å². The molecule has 0 saturated carbocycles. The fraction of sp³-hybridized carbons (Fsp3) is 0.294. The second-order valence-electron chi connectivity index (χ2n) is 5.80. The number of hydrogen-bond acceptors (Lipinski definition) is 3. The van der Waals surface area contributed by atoms with Crippen LogP contribution < -0.4 is 0 Å². The third-order valence-electron chi connectivity index (χ3n) is 4.09. The van der Waals surface area contributed by atoms with E-state index in [4.69, 9.17) is 4.74 Å². The zero-order chi connectivity index (χ0) is 18.9. The number of rotatable bonds is 3. The topological polar surface area (TPSA) is 46.6 Å². The van der Waals surface area contributed by atoms with Gasteiger partial charge < -0.3 is 4.74 Å². The van der Waals surface area contributed by atoms with Crippen molar-refractivity contribution in [3.63, 3.8) is 0 Å². The van der Waals surface area contributed by atoms with Gasteiger partial charge in [-0.25, -0.2) is 12.8 Å². The molecule has 1 unspecified atom stereocenters. The summed E-state index contributed by atoms with van der Waals surface area (Å²) in [6, 6.07) is 8.89. The van der Waals surface area contributed by atoms with Crippen LogP contribution in [0.5, 0.6) is 0 Å². The third kappa shape index (κ3) is 3.89. The summed E-state index contributed by atoms with van der Waals surface area (Å²) >= 11 is 0. The highest BCUT2D eigenvalue weighted by molar-refractivity contribution is 7.89. The fourth-order valence-corrected chi connectivity index (χ4v) is 4.11. The second-order valence-corrected chi connectivity index (χ2v) is 7.73. The van der Waals surface area contributed by atoms with Gasteiger partial charge in [-0.1, -0.05) is 12.1 Å². The Hall–Kier alpha value is -1.97. The predicted molar refractivity (Wildman–Crippen MR) is 85.3 cm³/mol. The van der Waals surface area contributed by atoms with Gasteiger partial charge in [0.1, 0.15) is 5.82 Å². The molecule has 2 aromatic carbocycles. The molecule has 1 atom stereocenters. The zero-order valence-electron chi connectivity index (χ0n) is 13.4. The van der Waals surface area contributed by atoms with Crippen LogP contribution in [0.4, 0.5) is 17.6 Å². The molecule has 0 aliphatic carbocycles. The van der Waals surface area contributed by atoms with Crippen molar-refractivity contribution in [3.05, 3.63) is 65.5 Å². The zero-order valence-corrected chi connectivity index (χ0v) is 14.2. The summed E-state index contributed by atoms with van der Waals surface area (Å²) in [6.07, 6.45) is -5.11. The van der Waals surface area contributed by atoms with Crippen LogP contribution in [0.1, 0.15) is 17.2 Å². The number of ether oxygens (including phenoxy) is 1. The molecule has 4 nitrogen and oxygen atoms in total. The quantitative estimate of drug-likeness (QED) is 0.754. The van der Waals surface area contributed by atoms with E-state index in [1.165, 1.54) is 24.3 Å². The number of nitrogens with zero attached hydrogens (tertiary/aromatic N) is 1. The average Bonchev–Trinajstić information content (AvgIpc) is 2.62. The van der Waals surface area contributed by atoms with Crippen LogP contribution >= 0.6 is 0 Å². The van der Waals surface area contributed by atoms with Gasteiger partial charge in [-0.3, -0.25) is 0 Å². The molecule has 1 heterocycles. The summed E-state index contributed by atoms with van der Waals surface area (Å²) in [5.41, 5.74) is -0.290. The predicted octanol–water partition coefficient (Wildman–Crippen LogP) is 3.61. The van der Waals surface area contributed by atoms with Crippen molar-refractivity contribution < 1.29 is 30.7 Å². The molecule has 1 aliphatic rings. The van der Waals surface area contributed by atoms with Crippen molar-refractivity contribution in [1.82, 2.24) is 4.31 Å². The van der Waals surface area contributed by atoms with Crippen LogP contribution in [-0.2, 0) is 20.9 Å². The monoisotopic (exact) mass is 389 g/mol. The van der Waals surface area contributed by atoms with Crippen molar-refractivity contribution in [2.45, 2.75) is 17.2 Å². The van der Waals surface area contributed by atoms with Crippen molar-refractivity contribution in [2.24, 2.45) is 0 Å². The van der Waals surface area contributed by atoms with E-state index in [1.54, 1.807) is 0 Å². The van der Waals surface area contributed by atoms with Gasteiger partial charge in [-0.2, -0.15) is 17.5 Å². The number of hydrogen-bond donors (Lipinski definition) is 0. The first-order valence-corrected chi connectivity index (χ1v) is 9.16. The van der Waals surface area contributed by atoms with Gasteiger partial charge in [-0.15, -0.1) is 0 Å². The summed E-state index contributed by atoms with van der Waals surface area (Å²) in [6.45, 7) is 0.206. The Morgan fingerprint density at radius 1 is 1.00 bits per heavy atom. The molecule has 3 rings (SSSR count). The maximum atomic E-state index is 13.0. The molecular weight excluding hydrogens is 374 g/mol. The van der Waals surface area contributed by atoms with E-state index < -0.39 is 33.7 Å². The summed E-state index contributed by atoms with van der Waals surface area (Å²) in [4.78, 5) is -0.217. The van der Waals surface area contributed by atoms with Crippen molar-refractivity contribution >= 4 is 10.0 Å². The molecular formula is C17H15F4NO3S. The standard InChI is InChI=1S/C17H15F4NO3S/c18-14-5-1-12(2-6-14)16-11-22(9-10-25-16)26(23,24)15-7-3-13(4-8-15)17(19,20)21/h1-8,16H,9-11H2. The number of sulfonamides is 1. The van der Waals surface area contributed by atoms with Gasteiger partial charge >= 0.3 is 6.18 Å². The lowest BCUT2D eigenvalue weighted by Gasteiger charge is -2.32. The summed E-state index contributed by atoms with van der Waals surface area (Å²) in [5, 5.41) is 0. The third-order valence-corrected chi connectivity index (χ3v) is 5.97. The fourth-order valence-electron chi connectivity index (χ4n) is 2.69. The average molecular weight is 389 g/mol. The van der Waals surface area contributed by atoms with Gasteiger partial charge in [0.15, 0.2) is 0 Å². The van der Waals surface area contributed by atoms with Gasteiger partial charge in [0, 0.05) is 13.1 Å². The van der Waals surface area contributed by atoms with Crippen molar-refractivity contribution in [3.8, 4) is 0 Å². The molecule has 1 saturated heterocycles. The SMILES string of the molecule is O=S(=O)(c1ccc(C(F)(F)F)cc1)N1CCOC(c2ccc(F)cc2)C1. The number of halogens is 4. The van der Waals surface area contributed by atoms with Gasteiger partial charge in [0.25, 0.3) is 0 Å². The lowest BCUT2D eigenvalue weighted by molar-refractivity contribution is -0.137. The molecule has 1 aliphatic heterocycles. The molecule has 1 fully saturated rings. The molecule has 0 aromatic heterocycles. The normalized spacial score (nSPS) is 19.5. The van der Waals surface area contributed by atoms with E-state index in [-0.39, 0.29) is 24.6 Å². The Kier molecular flexibility index (Phi) is 5.05. The van der Waals surface area contributed by atoms with Crippen LogP contribution in [0, 0.1) is 5.82 Å². The van der Waals surface area contributed by atoms with E-state index in [1.807, 2.05) is 0 Å². The smallest absolute Gasteiger partial charge is 0.371 e. The molecule has 9 heteroatoms. The molecule has 0 radical (unpaired) electrons. The lowest BCUT2D eigenvalue weighted by Crippen LogP contribution is -2.42. The maximum absolute atomic E-state index is 13.0. The molecule has 140 valence electrons. The van der Waals surface area contributed by atoms with Crippen LogP contribution in [0.25, 0.3) is 0 Å². The van der Waals surface area contributed by atoms with E-state index in [0.717, 1.165) is 28.6 Å². The van der Waals surface area contributed by atoms with Gasteiger partial charge in [-0.05, 0) is 42.0 Å². The first kappa shape index (κ1) is 18.8. The Bertz CT molecular complexity index is 864. The molecule has 26 heavy (non-hydrogen) atoms. The maximum Gasteiger partial charge on any atom is 0.416 e.